The van der Waals surface area contributed by atoms with Gasteiger partial charge in [0.25, 0.3) is 0 Å². The maximum absolute atomic E-state index is 12.5. The van der Waals surface area contributed by atoms with E-state index in [1.807, 2.05) is 30.3 Å². The average Bonchev–Trinajstić information content (AvgIpc) is 2.82. The second-order valence-corrected chi connectivity index (χ2v) is 7.25. The number of nitrogens with one attached hydrogen (secondary N) is 1. The van der Waals surface area contributed by atoms with Gasteiger partial charge in [-0.1, -0.05) is 12.1 Å². The van der Waals surface area contributed by atoms with Crippen LogP contribution in [0, 0.1) is 0 Å². The predicted octanol–water partition coefficient (Wildman–Crippen LogP) is 2.16. The summed E-state index contributed by atoms with van der Waals surface area (Å²) in [5.74, 6) is 2.53. The lowest BCUT2D eigenvalue weighted by Gasteiger charge is -2.36. The van der Waals surface area contributed by atoms with Crippen molar-refractivity contribution >= 4 is 11.6 Å². The average molecular weight is 430 g/mol. The quantitative estimate of drug-likeness (QED) is 0.655. The van der Waals surface area contributed by atoms with Crippen LogP contribution >= 0.6 is 0 Å². The van der Waals surface area contributed by atoms with Crippen molar-refractivity contribution in [2.45, 2.75) is 6.54 Å². The molecule has 0 bridgehead atoms. The van der Waals surface area contributed by atoms with E-state index in [1.54, 1.807) is 28.4 Å². The van der Waals surface area contributed by atoms with Crippen molar-refractivity contribution in [1.82, 2.24) is 10.2 Å². The molecule has 0 saturated carbocycles. The molecule has 0 aromatic heterocycles. The van der Waals surface area contributed by atoms with Crippen LogP contribution in [0.1, 0.15) is 5.56 Å². The van der Waals surface area contributed by atoms with Gasteiger partial charge in [0.05, 0.1) is 40.7 Å². The summed E-state index contributed by atoms with van der Waals surface area (Å²) in [7, 11) is 6.40. The largest absolute Gasteiger partial charge is 0.495 e. The van der Waals surface area contributed by atoms with E-state index in [1.165, 1.54) is 0 Å². The molecule has 1 aliphatic heterocycles. The van der Waals surface area contributed by atoms with Crippen LogP contribution in [0.15, 0.2) is 36.4 Å². The number of nitrogens with zero attached hydrogens (tertiary/aromatic N) is 2. The molecule has 0 atom stereocenters. The van der Waals surface area contributed by atoms with Crippen molar-refractivity contribution < 1.29 is 23.7 Å². The van der Waals surface area contributed by atoms with Crippen LogP contribution in [0.5, 0.6) is 23.0 Å². The van der Waals surface area contributed by atoms with Crippen molar-refractivity contribution in [3.63, 3.8) is 0 Å². The summed E-state index contributed by atoms with van der Waals surface area (Å²) in [5, 5.41) is 2.98. The number of ether oxygens (including phenoxy) is 4. The Bertz CT molecular complexity index is 856. The first-order valence-corrected chi connectivity index (χ1v) is 10.3. The molecule has 2 aromatic carbocycles. The third-order valence-electron chi connectivity index (χ3n) is 5.38. The van der Waals surface area contributed by atoms with Gasteiger partial charge in [0.15, 0.2) is 11.5 Å². The normalized spacial score (nSPS) is 14.1. The maximum Gasteiger partial charge on any atom is 0.234 e. The van der Waals surface area contributed by atoms with Crippen LogP contribution in [-0.2, 0) is 11.3 Å². The minimum absolute atomic E-state index is 0.0144. The molecule has 1 saturated heterocycles. The number of rotatable bonds is 9. The first-order valence-electron chi connectivity index (χ1n) is 10.3. The first-order chi connectivity index (χ1) is 15.1. The van der Waals surface area contributed by atoms with E-state index in [0.29, 0.717) is 30.3 Å². The van der Waals surface area contributed by atoms with Gasteiger partial charge < -0.3 is 29.2 Å². The highest BCUT2D eigenvalue weighted by Crippen LogP contribution is 2.38. The fraction of sp³-hybridized carbons (Fsp3) is 0.435. The van der Waals surface area contributed by atoms with Crippen molar-refractivity contribution in [1.29, 1.82) is 0 Å². The van der Waals surface area contributed by atoms with Gasteiger partial charge in [0.2, 0.25) is 11.7 Å². The highest BCUT2D eigenvalue weighted by atomic mass is 16.5. The molecule has 1 aliphatic rings. The van der Waals surface area contributed by atoms with Gasteiger partial charge in [-0.05, 0) is 29.8 Å². The Kier molecular flexibility index (Phi) is 7.83. The molecular weight excluding hydrogens is 398 g/mol. The number of anilines is 1. The van der Waals surface area contributed by atoms with Crippen LogP contribution in [-0.4, -0.2) is 72.0 Å². The first kappa shape index (κ1) is 22.6. The van der Waals surface area contributed by atoms with Crippen LogP contribution in [0.3, 0.4) is 0 Å². The van der Waals surface area contributed by atoms with E-state index < -0.39 is 0 Å². The molecule has 1 N–H and O–H groups in total. The molecule has 168 valence electrons. The summed E-state index contributed by atoms with van der Waals surface area (Å²) in [6.07, 6.45) is 0. The lowest BCUT2D eigenvalue weighted by Crippen LogP contribution is -2.49. The number of methoxy groups -OCH3 is 4. The summed E-state index contributed by atoms with van der Waals surface area (Å²) in [6.45, 7) is 4.08. The number of piperazine rings is 1. The molecule has 1 heterocycles. The molecule has 8 heteroatoms. The zero-order chi connectivity index (χ0) is 22.2. The molecule has 0 radical (unpaired) electrons. The number of carbonyl (C=O) groups excluding carboxylic acids is 1. The number of benzene rings is 2. The summed E-state index contributed by atoms with van der Waals surface area (Å²) >= 11 is 0. The summed E-state index contributed by atoms with van der Waals surface area (Å²) in [6, 6.07) is 11.7. The van der Waals surface area contributed by atoms with E-state index in [9.17, 15) is 4.79 Å². The molecular formula is C23H31N3O5. The van der Waals surface area contributed by atoms with Gasteiger partial charge >= 0.3 is 0 Å². The smallest absolute Gasteiger partial charge is 0.234 e. The van der Waals surface area contributed by atoms with Crippen LogP contribution in [0.25, 0.3) is 0 Å². The van der Waals surface area contributed by atoms with Crippen LogP contribution in [0.4, 0.5) is 5.69 Å². The molecule has 0 aliphatic carbocycles. The molecule has 0 unspecified atom stereocenters. The lowest BCUT2D eigenvalue weighted by atomic mass is 10.1. The fourth-order valence-corrected chi connectivity index (χ4v) is 3.73. The van der Waals surface area contributed by atoms with Gasteiger partial charge in [-0.15, -0.1) is 0 Å². The monoisotopic (exact) mass is 429 g/mol. The zero-order valence-electron chi connectivity index (χ0n) is 18.6. The SMILES string of the molecule is COc1ccccc1N1CCN(CC(=O)NCc2cc(OC)c(OC)c(OC)c2)CC1. The van der Waals surface area contributed by atoms with E-state index >= 15 is 0 Å². The Balaban J connectivity index is 1.51. The molecule has 1 amide bonds. The summed E-state index contributed by atoms with van der Waals surface area (Å²) in [4.78, 5) is 17.0. The van der Waals surface area contributed by atoms with Crippen LogP contribution in [0.2, 0.25) is 0 Å². The van der Waals surface area contributed by atoms with E-state index in [-0.39, 0.29) is 5.91 Å². The topological polar surface area (TPSA) is 72.5 Å². The molecule has 1 fully saturated rings. The Morgan fingerprint density at radius 1 is 0.871 bits per heavy atom. The highest BCUT2D eigenvalue weighted by Gasteiger charge is 2.21. The van der Waals surface area contributed by atoms with Gasteiger partial charge in [-0.2, -0.15) is 0 Å². The molecule has 3 rings (SSSR count). The number of amides is 1. The Labute approximate surface area is 183 Å². The minimum atomic E-state index is -0.0144. The number of hydrogen-bond donors (Lipinski definition) is 1. The lowest BCUT2D eigenvalue weighted by molar-refractivity contribution is -0.122. The third kappa shape index (κ3) is 5.52. The minimum Gasteiger partial charge on any atom is -0.495 e. The van der Waals surface area contributed by atoms with E-state index in [2.05, 4.69) is 21.2 Å². The maximum atomic E-state index is 12.5. The van der Waals surface area contributed by atoms with E-state index in [0.717, 1.165) is 43.2 Å². The Hall–Kier alpha value is -3.13. The van der Waals surface area contributed by atoms with Gasteiger partial charge in [0, 0.05) is 32.7 Å². The molecule has 0 spiro atoms. The van der Waals surface area contributed by atoms with Crippen molar-refractivity contribution in [3.8, 4) is 23.0 Å². The predicted molar refractivity (Wildman–Crippen MR) is 120 cm³/mol. The standard InChI is InChI=1S/C23H31N3O5/c1-28-19-8-6-5-7-18(19)26-11-9-25(10-12-26)16-22(27)24-15-17-13-20(29-2)23(31-4)21(14-17)30-3/h5-8,13-14H,9-12,15-16H2,1-4H3,(H,24,27). The van der Waals surface area contributed by atoms with Gasteiger partial charge in [-0.3, -0.25) is 9.69 Å². The number of hydrogen-bond acceptors (Lipinski definition) is 7. The summed E-state index contributed by atoms with van der Waals surface area (Å²) < 4.78 is 21.5. The molecule has 2 aromatic rings. The van der Waals surface area contributed by atoms with Crippen molar-refractivity contribution in [2.75, 3.05) is 66.1 Å². The summed E-state index contributed by atoms with van der Waals surface area (Å²) in [5.41, 5.74) is 1.97. The fourth-order valence-electron chi connectivity index (χ4n) is 3.73. The van der Waals surface area contributed by atoms with E-state index in [4.69, 9.17) is 18.9 Å². The number of para-hydroxylation sites is 2. The third-order valence-corrected chi connectivity index (χ3v) is 5.38. The number of carbonyl (C=O) groups is 1. The molecule has 31 heavy (non-hydrogen) atoms. The highest BCUT2D eigenvalue weighted by molar-refractivity contribution is 5.78. The second kappa shape index (κ2) is 10.8. The second-order valence-electron chi connectivity index (χ2n) is 7.25. The van der Waals surface area contributed by atoms with Crippen molar-refractivity contribution in [2.24, 2.45) is 0 Å². The Morgan fingerprint density at radius 3 is 2.06 bits per heavy atom. The molecule has 8 nitrogen and oxygen atoms in total. The van der Waals surface area contributed by atoms with Crippen LogP contribution < -0.4 is 29.2 Å². The van der Waals surface area contributed by atoms with Crippen molar-refractivity contribution in [3.05, 3.63) is 42.0 Å². The van der Waals surface area contributed by atoms with Gasteiger partial charge in [-0.25, -0.2) is 0 Å². The Morgan fingerprint density at radius 2 is 1.48 bits per heavy atom. The van der Waals surface area contributed by atoms with Gasteiger partial charge in [0.1, 0.15) is 5.75 Å². The zero-order valence-corrected chi connectivity index (χ0v) is 18.6.